The average molecular weight is 450 g/mol. The standard InChI is InChI=1S/C27H19N3O2S/c1-32-19-12-9-17(10-13-19)25-26(30-15-5-4-8-24(30)29-25)27(31)18-11-14-23-21(16-18)28-20-6-2-3-7-22(20)33-23/h2-16,28H,1H3. The van der Waals surface area contributed by atoms with Crippen LogP contribution in [0.1, 0.15) is 16.1 Å². The molecule has 0 atom stereocenters. The molecule has 3 aromatic carbocycles. The SMILES string of the molecule is COc1ccc(-c2nc3ccccn3c2C(=O)c2ccc3c(c2)Nc2ccccc2S3)cc1. The minimum atomic E-state index is -0.0759. The summed E-state index contributed by atoms with van der Waals surface area (Å²) in [5, 5.41) is 3.47. The molecule has 6 heteroatoms. The van der Waals surface area contributed by atoms with Crippen LogP contribution in [0.15, 0.2) is 101 Å². The van der Waals surface area contributed by atoms with E-state index in [-0.39, 0.29) is 5.78 Å². The maximum atomic E-state index is 13.8. The van der Waals surface area contributed by atoms with Crippen LogP contribution in [0.25, 0.3) is 16.9 Å². The van der Waals surface area contributed by atoms with Crippen molar-refractivity contribution >= 4 is 34.6 Å². The van der Waals surface area contributed by atoms with E-state index in [1.54, 1.807) is 18.9 Å². The lowest BCUT2D eigenvalue weighted by Gasteiger charge is -2.21. The lowest BCUT2D eigenvalue weighted by molar-refractivity contribution is 0.103. The first-order valence-corrected chi connectivity index (χ1v) is 11.4. The van der Waals surface area contributed by atoms with E-state index in [2.05, 4.69) is 11.4 Å². The number of nitrogens with one attached hydrogen (secondary N) is 1. The van der Waals surface area contributed by atoms with Crippen molar-refractivity contribution in [3.8, 4) is 17.0 Å². The number of carbonyl (C=O) groups excluding carboxylic acids is 1. The fourth-order valence-corrected chi connectivity index (χ4v) is 5.05. The van der Waals surface area contributed by atoms with Crippen LogP contribution in [-0.2, 0) is 0 Å². The lowest BCUT2D eigenvalue weighted by atomic mass is 10.0. The summed E-state index contributed by atoms with van der Waals surface area (Å²) in [5.41, 5.74) is 5.38. The first kappa shape index (κ1) is 19.6. The number of benzene rings is 3. The highest BCUT2D eigenvalue weighted by molar-refractivity contribution is 7.99. The molecular formula is C27H19N3O2S. The van der Waals surface area contributed by atoms with Gasteiger partial charge in [-0.2, -0.15) is 0 Å². The van der Waals surface area contributed by atoms with Crippen LogP contribution in [0.3, 0.4) is 0 Å². The molecule has 0 amide bonds. The Morgan fingerprint density at radius 2 is 1.70 bits per heavy atom. The number of para-hydroxylation sites is 1. The predicted molar refractivity (Wildman–Crippen MR) is 131 cm³/mol. The zero-order valence-electron chi connectivity index (χ0n) is 17.8. The Balaban J connectivity index is 1.45. The molecule has 0 saturated carbocycles. The van der Waals surface area contributed by atoms with E-state index in [1.165, 1.54) is 4.90 Å². The molecular weight excluding hydrogens is 430 g/mol. The number of rotatable bonds is 4. The maximum Gasteiger partial charge on any atom is 0.212 e. The Morgan fingerprint density at radius 1 is 0.909 bits per heavy atom. The third kappa shape index (κ3) is 3.36. The van der Waals surface area contributed by atoms with Crippen molar-refractivity contribution in [2.45, 2.75) is 9.79 Å². The highest BCUT2D eigenvalue weighted by Gasteiger charge is 2.24. The summed E-state index contributed by atoms with van der Waals surface area (Å²) < 4.78 is 7.15. The molecule has 2 aromatic heterocycles. The van der Waals surface area contributed by atoms with Crippen molar-refractivity contribution in [1.82, 2.24) is 9.38 Å². The van der Waals surface area contributed by atoms with Crippen LogP contribution >= 0.6 is 11.8 Å². The second kappa shape index (κ2) is 7.83. The smallest absolute Gasteiger partial charge is 0.212 e. The molecule has 0 bridgehead atoms. The fourth-order valence-electron chi connectivity index (χ4n) is 4.08. The highest BCUT2D eigenvalue weighted by Crippen LogP contribution is 2.44. The molecule has 0 spiro atoms. The van der Waals surface area contributed by atoms with Crippen molar-refractivity contribution in [3.05, 3.63) is 102 Å². The molecule has 1 N–H and O–H groups in total. The Morgan fingerprint density at radius 3 is 2.55 bits per heavy atom. The van der Waals surface area contributed by atoms with Crippen LogP contribution < -0.4 is 10.1 Å². The summed E-state index contributed by atoms with van der Waals surface area (Å²) in [4.78, 5) is 20.9. The Bertz CT molecular complexity index is 1520. The number of aromatic nitrogens is 2. The first-order chi connectivity index (χ1) is 16.2. The van der Waals surface area contributed by atoms with Crippen LogP contribution in [-0.4, -0.2) is 22.3 Å². The normalized spacial score (nSPS) is 12.0. The zero-order valence-corrected chi connectivity index (χ0v) is 18.6. The van der Waals surface area contributed by atoms with Gasteiger partial charge in [-0.3, -0.25) is 9.20 Å². The molecule has 5 nitrogen and oxygen atoms in total. The molecule has 0 radical (unpaired) electrons. The number of pyridine rings is 1. The summed E-state index contributed by atoms with van der Waals surface area (Å²) in [5.74, 6) is 0.682. The maximum absolute atomic E-state index is 13.8. The van der Waals surface area contributed by atoms with E-state index in [1.807, 2.05) is 89.5 Å². The quantitative estimate of drug-likeness (QED) is 0.314. The molecule has 1 aliphatic rings. The molecule has 0 aliphatic carbocycles. The van der Waals surface area contributed by atoms with E-state index < -0.39 is 0 Å². The van der Waals surface area contributed by atoms with E-state index >= 15 is 0 Å². The fraction of sp³-hybridized carbons (Fsp3) is 0.0370. The molecule has 160 valence electrons. The number of anilines is 2. The molecule has 0 unspecified atom stereocenters. The largest absolute Gasteiger partial charge is 0.497 e. The van der Waals surface area contributed by atoms with E-state index in [9.17, 15) is 4.79 Å². The number of imidazole rings is 1. The van der Waals surface area contributed by atoms with Crippen molar-refractivity contribution in [2.75, 3.05) is 12.4 Å². The zero-order chi connectivity index (χ0) is 22.4. The molecule has 0 saturated heterocycles. The van der Waals surface area contributed by atoms with Gasteiger partial charge in [0.1, 0.15) is 22.8 Å². The van der Waals surface area contributed by atoms with Crippen molar-refractivity contribution in [1.29, 1.82) is 0 Å². The van der Waals surface area contributed by atoms with Gasteiger partial charge in [-0.25, -0.2) is 4.98 Å². The summed E-state index contributed by atoms with van der Waals surface area (Å²) in [6.45, 7) is 0. The Labute approximate surface area is 195 Å². The number of carbonyl (C=O) groups is 1. The van der Waals surface area contributed by atoms with E-state index in [0.717, 1.165) is 33.2 Å². The van der Waals surface area contributed by atoms with Gasteiger partial charge in [0, 0.05) is 27.1 Å². The molecule has 0 fully saturated rings. The van der Waals surface area contributed by atoms with Gasteiger partial charge in [-0.1, -0.05) is 30.0 Å². The van der Waals surface area contributed by atoms with E-state index in [0.29, 0.717) is 17.0 Å². The number of ketones is 1. The number of nitrogens with zero attached hydrogens (tertiary/aromatic N) is 2. The third-order valence-corrected chi connectivity index (χ3v) is 6.88. The van der Waals surface area contributed by atoms with Gasteiger partial charge in [0.05, 0.1) is 18.5 Å². The summed E-state index contributed by atoms with van der Waals surface area (Å²) in [6.07, 6.45) is 1.88. The van der Waals surface area contributed by atoms with Crippen LogP contribution in [0, 0.1) is 0 Å². The minimum absolute atomic E-state index is 0.0759. The number of ether oxygens (including phenoxy) is 1. The van der Waals surface area contributed by atoms with Gasteiger partial charge in [0.25, 0.3) is 0 Å². The summed E-state index contributed by atoms with van der Waals surface area (Å²) in [6, 6.07) is 27.4. The predicted octanol–water partition coefficient (Wildman–Crippen LogP) is 6.45. The van der Waals surface area contributed by atoms with Gasteiger partial charge in [-0.15, -0.1) is 0 Å². The second-order valence-electron chi connectivity index (χ2n) is 7.73. The topological polar surface area (TPSA) is 55.6 Å². The van der Waals surface area contributed by atoms with Crippen LogP contribution in [0.4, 0.5) is 11.4 Å². The number of hydrogen-bond donors (Lipinski definition) is 1. The minimum Gasteiger partial charge on any atom is -0.497 e. The van der Waals surface area contributed by atoms with Crippen LogP contribution in [0.5, 0.6) is 5.75 Å². The first-order valence-electron chi connectivity index (χ1n) is 10.6. The molecule has 3 heterocycles. The number of hydrogen-bond acceptors (Lipinski definition) is 5. The second-order valence-corrected chi connectivity index (χ2v) is 8.81. The third-order valence-electron chi connectivity index (χ3n) is 5.73. The van der Waals surface area contributed by atoms with Crippen molar-refractivity contribution in [3.63, 3.8) is 0 Å². The van der Waals surface area contributed by atoms with Gasteiger partial charge < -0.3 is 10.1 Å². The van der Waals surface area contributed by atoms with Crippen LogP contribution in [0.2, 0.25) is 0 Å². The summed E-state index contributed by atoms with van der Waals surface area (Å²) in [7, 11) is 1.63. The van der Waals surface area contributed by atoms with E-state index in [4.69, 9.17) is 9.72 Å². The van der Waals surface area contributed by atoms with Crippen molar-refractivity contribution < 1.29 is 9.53 Å². The molecule has 5 aromatic rings. The molecule has 33 heavy (non-hydrogen) atoms. The number of fused-ring (bicyclic) bond motifs is 3. The number of methoxy groups -OCH3 is 1. The monoisotopic (exact) mass is 449 g/mol. The molecule has 1 aliphatic heterocycles. The van der Waals surface area contributed by atoms with Crippen molar-refractivity contribution in [2.24, 2.45) is 0 Å². The lowest BCUT2D eigenvalue weighted by Crippen LogP contribution is -2.08. The Hall–Kier alpha value is -4.03. The van der Waals surface area contributed by atoms with Gasteiger partial charge in [-0.05, 0) is 66.7 Å². The Kier molecular flexibility index (Phi) is 4.66. The average Bonchev–Trinajstić information content (AvgIpc) is 3.26. The summed E-state index contributed by atoms with van der Waals surface area (Å²) >= 11 is 1.70. The van der Waals surface area contributed by atoms with Gasteiger partial charge in [0.2, 0.25) is 5.78 Å². The van der Waals surface area contributed by atoms with Gasteiger partial charge >= 0.3 is 0 Å². The molecule has 6 rings (SSSR count). The van der Waals surface area contributed by atoms with Gasteiger partial charge in [0.15, 0.2) is 0 Å². The highest BCUT2D eigenvalue weighted by atomic mass is 32.2.